The molecule has 7 nitrogen and oxygen atoms in total. The van der Waals surface area contributed by atoms with Crippen molar-refractivity contribution in [3.8, 4) is 0 Å². The number of nitrogens with one attached hydrogen (secondary N) is 2. The Kier molecular flexibility index (Phi) is 8.60. The molecule has 0 aliphatic carbocycles. The first kappa shape index (κ1) is 27.2. The zero-order valence-corrected chi connectivity index (χ0v) is 21.5. The maximum atomic E-state index is 14.1. The molecule has 1 aliphatic rings. The number of thiazole rings is 1. The van der Waals surface area contributed by atoms with Crippen LogP contribution in [0, 0.1) is 12.8 Å². The number of benzene rings is 1. The SMILES string of the molecule is COC(c1c(Nc2ccc(C(C(F)F)N(C)C(=O)C3CCNCC3)cc2)cnc2sc(C)nc12)C(F)F. The zero-order chi connectivity index (χ0) is 26.7. The van der Waals surface area contributed by atoms with E-state index in [0.29, 0.717) is 47.0 Å². The fourth-order valence-corrected chi connectivity index (χ4v) is 5.46. The number of fused-ring (bicyclic) bond motifs is 1. The van der Waals surface area contributed by atoms with Gasteiger partial charge < -0.3 is 20.3 Å². The Bertz CT molecular complexity index is 1220. The van der Waals surface area contributed by atoms with Crippen LogP contribution in [0.1, 0.15) is 41.1 Å². The summed E-state index contributed by atoms with van der Waals surface area (Å²) in [7, 11) is 2.61. The van der Waals surface area contributed by atoms with Gasteiger partial charge in [-0.1, -0.05) is 23.5 Å². The van der Waals surface area contributed by atoms with Crippen molar-refractivity contribution >= 4 is 39.0 Å². The molecule has 1 aromatic carbocycles. The van der Waals surface area contributed by atoms with Crippen molar-refractivity contribution in [2.45, 2.75) is 44.8 Å². The van der Waals surface area contributed by atoms with Crippen LogP contribution in [0.15, 0.2) is 30.5 Å². The molecule has 1 amide bonds. The Labute approximate surface area is 216 Å². The topological polar surface area (TPSA) is 79.4 Å². The average molecular weight is 540 g/mol. The van der Waals surface area contributed by atoms with Crippen molar-refractivity contribution in [2.24, 2.45) is 5.92 Å². The lowest BCUT2D eigenvalue weighted by Crippen LogP contribution is -2.42. The second kappa shape index (κ2) is 11.7. The van der Waals surface area contributed by atoms with E-state index in [1.54, 1.807) is 19.1 Å². The number of rotatable bonds is 9. The summed E-state index contributed by atoms with van der Waals surface area (Å²) in [6.45, 7) is 3.13. The number of methoxy groups -OCH3 is 1. The summed E-state index contributed by atoms with van der Waals surface area (Å²) in [6.07, 6.45) is -4.46. The van der Waals surface area contributed by atoms with E-state index in [1.807, 2.05) is 0 Å². The number of nitrogens with zero attached hydrogens (tertiary/aromatic N) is 3. The minimum Gasteiger partial charge on any atom is -0.371 e. The molecule has 1 aliphatic heterocycles. The molecule has 2 N–H and O–H groups in total. The van der Waals surface area contributed by atoms with Gasteiger partial charge in [0.15, 0.2) is 0 Å². The number of pyridine rings is 1. The van der Waals surface area contributed by atoms with E-state index in [-0.39, 0.29) is 28.6 Å². The number of anilines is 2. The molecule has 2 unspecified atom stereocenters. The summed E-state index contributed by atoms with van der Waals surface area (Å²) in [5.41, 5.74) is 1.53. The second-order valence-corrected chi connectivity index (χ2v) is 10.1. The third-order valence-corrected chi connectivity index (χ3v) is 7.44. The van der Waals surface area contributed by atoms with Gasteiger partial charge in [-0.3, -0.25) is 4.79 Å². The van der Waals surface area contributed by atoms with Crippen LogP contribution in [-0.4, -0.2) is 60.9 Å². The number of aryl methyl sites for hydroxylation is 1. The summed E-state index contributed by atoms with van der Waals surface area (Å²) in [5.74, 6) is -0.582. The van der Waals surface area contributed by atoms with Gasteiger partial charge in [-0.15, -0.1) is 0 Å². The van der Waals surface area contributed by atoms with Gasteiger partial charge in [0, 0.05) is 31.3 Å². The van der Waals surface area contributed by atoms with E-state index in [4.69, 9.17) is 4.74 Å². The van der Waals surface area contributed by atoms with Gasteiger partial charge in [0.1, 0.15) is 22.5 Å². The van der Waals surface area contributed by atoms with Gasteiger partial charge in [0.25, 0.3) is 12.9 Å². The molecule has 0 radical (unpaired) electrons. The quantitative estimate of drug-likeness (QED) is 0.352. The molecule has 0 bridgehead atoms. The van der Waals surface area contributed by atoms with E-state index in [2.05, 4.69) is 20.6 Å². The molecular weight excluding hydrogens is 510 g/mol. The second-order valence-electron chi connectivity index (χ2n) is 8.96. The summed E-state index contributed by atoms with van der Waals surface area (Å²) in [5, 5.41) is 6.90. The van der Waals surface area contributed by atoms with Crippen molar-refractivity contribution in [1.82, 2.24) is 20.2 Å². The van der Waals surface area contributed by atoms with Gasteiger partial charge in [0.05, 0.1) is 16.9 Å². The molecule has 4 rings (SSSR count). The summed E-state index contributed by atoms with van der Waals surface area (Å²) < 4.78 is 60.9. The largest absolute Gasteiger partial charge is 0.371 e. The van der Waals surface area contributed by atoms with Gasteiger partial charge in [0.2, 0.25) is 5.91 Å². The molecule has 3 heterocycles. The van der Waals surface area contributed by atoms with E-state index in [0.717, 1.165) is 4.90 Å². The number of hydrogen-bond donors (Lipinski definition) is 2. The van der Waals surface area contributed by atoms with E-state index in [9.17, 15) is 22.4 Å². The molecular formula is C25H29F4N5O2S. The van der Waals surface area contributed by atoms with Gasteiger partial charge in [-0.05, 0) is 50.6 Å². The molecule has 12 heteroatoms. The summed E-state index contributed by atoms with van der Waals surface area (Å²) >= 11 is 1.29. The molecule has 0 spiro atoms. The Morgan fingerprint density at radius 3 is 2.43 bits per heavy atom. The highest BCUT2D eigenvalue weighted by Gasteiger charge is 2.34. The predicted molar refractivity (Wildman–Crippen MR) is 135 cm³/mol. The minimum atomic E-state index is -2.81. The lowest BCUT2D eigenvalue weighted by atomic mass is 9.95. The fourth-order valence-electron chi connectivity index (χ4n) is 4.69. The van der Waals surface area contributed by atoms with Crippen LogP contribution in [0.3, 0.4) is 0 Å². The third kappa shape index (κ3) is 5.86. The first-order valence-corrected chi connectivity index (χ1v) is 12.7. The number of ether oxygens (including phenoxy) is 1. The van der Waals surface area contributed by atoms with Gasteiger partial charge in [-0.2, -0.15) is 0 Å². The van der Waals surface area contributed by atoms with Crippen LogP contribution < -0.4 is 10.6 Å². The van der Waals surface area contributed by atoms with Crippen molar-refractivity contribution in [3.05, 3.63) is 46.6 Å². The van der Waals surface area contributed by atoms with Gasteiger partial charge >= 0.3 is 0 Å². The molecule has 1 saturated heterocycles. The highest BCUT2D eigenvalue weighted by atomic mass is 32.1. The van der Waals surface area contributed by atoms with Crippen molar-refractivity contribution < 1.29 is 27.1 Å². The fraction of sp³-hybridized carbons (Fsp3) is 0.480. The smallest absolute Gasteiger partial charge is 0.268 e. The van der Waals surface area contributed by atoms with E-state index >= 15 is 0 Å². The number of amides is 1. The lowest BCUT2D eigenvalue weighted by molar-refractivity contribution is -0.140. The van der Waals surface area contributed by atoms with E-state index < -0.39 is 25.0 Å². The molecule has 2 aromatic heterocycles. The maximum absolute atomic E-state index is 14.1. The number of carbonyl (C=O) groups is 1. The van der Waals surface area contributed by atoms with Crippen LogP contribution >= 0.6 is 11.3 Å². The minimum absolute atomic E-state index is 0.175. The number of halogens is 4. The van der Waals surface area contributed by atoms with Crippen LogP contribution in [0.5, 0.6) is 0 Å². The van der Waals surface area contributed by atoms with Crippen molar-refractivity contribution in [3.63, 3.8) is 0 Å². The van der Waals surface area contributed by atoms with Crippen LogP contribution in [-0.2, 0) is 9.53 Å². The lowest BCUT2D eigenvalue weighted by Gasteiger charge is -2.32. The molecule has 200 valence electrons. The van der Waals surface area contributed by atoms with Gasteiger partial charge in [-0.25, -0.2) is 27.5 Å². The molecule has 2 atom stereocenters. The normalized spacial score (nSPS) is 16.4. The molecule has 3 aromatic rings. The van der Waals surface area contributed by atoms with Crippen molar-refractivity contribution in [2.75, 3.05) is 32.6 Å². The predicted octanol–water partition coefficient (Wildman–Crippen LogP) is 5.46. The number of hydrogen-bond acceptors (Lipinski definition) is 7. The number of aromatic nitrogens is 2. The Morgan fingerprint density at radius 1 is 1.16 bits per heavy atom. The van der Waals surface area contributed by atoms with Crippen LogP contribution in [0.2, 0.25) is 0 Å². The Balaban J connectivity index is 1.60. The standard InChI is InChI=1S/C25H29F4N5O2S/c1-13-32-19-18(21(36-3)23(28)29)17(12-31-24(19)37-13)33-16-6-4-14(5-7-16)20(22(26)27)34(2)25(35)15-8-10-30-11-9-15/h4-7,12,15,20-23,30,33H,8-11H2,1-3H3. The zero-order valence-electron chi connectivity index (χ0n) is 20.7. The Morgan fingerprint density at radius 2 is 1.84 bits per heavy atom. The highest BCUT2D eigenvalue weighted by Crippen LogP contribution is 2.38. The number of alkyl halides is 4. The van der Waals surface area contributed by atoms with Crippen LogP contribution in [0.4, 0.5) is 28.9 Å². The first-order chi connectivity index (χ1) is 17.7. The number of piperidine rings is 1. The Hall–Kier alpha value is -2.83. The summed E-state index contributed by atoms with van der Waals surface area (Å²) in [4.78, 5) is 23.2. The molecule has 1 fully saturated rings. The third-order valence-electron chi connectivity index (χ3n) is 6.56. The molecule has 0 saturated carbocycles. The molecule has 37 heavy (non-hydrogen) atoms. The highest BCUT2D eigenvalue weighted by molar-refractivity contribution is 7.18. The number of carbonyl (C=O) groups excluding carboxylic acids is 1. The summed E-state index contributed by atoms with van der Waals surface area (Å²) in [6, 6.07) is 4.74. The average Bonchev–Trinajstić information content (AvgIpc) is 3.26. The van der Waals surface area contributed by atoms with Crippen molar-refractivity contribution in [1.29, 1.82) is 0 Å². The maximum Gasteiger partial charge on any atom is 0.268 e. The van der Waals surface area contributed by atoms with Crippen LogP contribution in [0.25, 0.3) is 10.3 Å². The first-order valence-electron chi connectivity index (χ1n) is 11.9. The monoisotopic (exact) mass is 539 g/mol. The van der Waals surface area contributed by atoms with E-state index in [1.165, 1.54) is 43.8 Å².